The summed E-state index contributed by atoms with van der Waals surface area (Å²) in [5.74, 6) is 1.16. The number of nitrogens with zero attached hydrogens (tertiary/aromatic N) is 4. The van der Waals surface area contributed by atoms with E-state index in [1.165, 1.54) is 0 Å². The summed E-state index contributed by atoms with van der Waals surface area (Å²) in [5, 5.41) is 15.7. The Balaban J connectivity index is 1.60. The van der Waals surface area contributed by atoms with Gasteiger partial charge in [-0.25, -0.2) is 4.52 Å². The molecule has 2 aromatic heterocycles. The van der Waals surface area contributed by atoms with Crippen molar-refractivity contribution in [1.29, 1.82) is 0 Å². The average molecular weight is 403 g/mol. The molecule has 0 unspecified atom stereocenters. The predicted octanol–water partition coefficient (Wildman–Crippen LogP) is 3.76. The summed E-state index contributed by atoms with van der Waals surface area (Å²) >= 11 is 0. The first-order chi connectivity index (χ1) is 14.6. The zero-order chi connectivity index (χ0) is 21.1. The van der Waals surface area contributed by atoms with E-state index >= 15 is 0 Å². The molecular weight excluding hydrogens is 382 g/mol. The van der Waals surface area contributed by atoms with Crippen LogP contribution in [0.1, 0.15) is 23.1 Å². The fourth-order valence-corrected chi connectivity index (χ4v) is 3.13. The molecule has 0 saturated carbocycles. The standard InChI is InChI=1S/C22H21N5O3/c1-4-30-18-11-7-16(8-12-18)24-22(28)20-14(2)27-21(26-25-20)19(13-23-27)15-5-9-17(29-3)10-6-15/h5-13H,4H2,1-3H3,(H,24,28). The number of hydrogen-bond acceptors (Lipinski definition) is 6. The Morgan fingerprint density at radius 2 is 1.73 bits per heavy atom. The van der Waals surface area contributed by atoms with Gasteiger partial charge in [0, 0.05) is 11.3 Å². The highest BCUT2D eigenvalue weighted by Gasteiger charge is 2.18. The second-order valence-electron chi connectivity index (χ2n) is 6.57. The number of rotatable bonds is 6. The van der Waals surface area contributed by atoms with Crippen molar-refractivity contribution in [2.24, 2.45) is 0 Å². The van der Waals surface area contributed by atoms with Crippen LogP contribution >= 0.6 is 0 Å². The molecule has 0 bridgehead atoms. The molecule has 1 amide bonds. The number of fused-ring (bicyclic) bond motifs is 1. The van der Waals surface area contributed by atoms with Crippen LogP contribution in [0.25, 0.3) is 16.8 Å². The monoisotopic (exact) mass is 403 g/mol. The normalized spacial score (nSPS) is 10.8. The van der Waals surface area contributed by atoms with Gasteiger partial charge >= 0.3 is 0 Å². The first-order valence-electron chi connectivity index (χ1n) is 9.50. The Morgan fingerprint density at radius 1 is 1.03 bits per heavy atom. The second-order valence-corrected chi connectivity index (χ2v) is 6.57. The van der Waals surface area contributed by atoms with Gasteiger partial charge < -0.3 is 14.8 Å². The van der Waals surface area contributed by atoms with Gasteiger partial charge in [0.15, 0.2) is 11.3 Å². The molecule has 0 fully saturated rings. The van der Waals surface area contributed by atoms with Gasteiger partial charge in [-0.2, -0.15) is 5.10 Å². The number of methoxy groups -OCH3 is 1. The Morgan fingerprint density at radius 3 is 2.40 bits per heavy atom. The molecule has 0 aliphatic heterocycles. The van der Waals surface area contributed by atoms with Crippen molar-refractivity contribution < 1.29 is 14.3 Å². The molecule has 8 heteroatoms. The third-order valence-electron chi connectivity index (χ3n) is 4.69. The van der Waals surface area contributed by atoms with Gasteiger partial charge in [0.05, 0.1) is 25.6 Å². The molecule has 0 spiro atoms. The summed E-state index contributed by atoms with van der Waals surface area (Å²) in [6, 6.07) is 14.8. The molecule has 152 valence electrons. The van der Waals surface area contributed by atoms with Crippen molar-refractivity contribution in [3.8, 4) is 22.6 Å². The number of anilines is 1. The maximum atomic E-state index is 12.7. The fraction of sp³-hybridized carbons (Fsp3) is 0.182. The molecule has 0 atom stereocenters. The number of ether oxygens (including phenoxy) is 2. The number of nitrogens with one attached hydrogen (secondary N) is 1. The van der Waals surface area contributed by atoms with E-state index in [0.29, 0.717) is 23.6 Å². The van der Waals surface area contributed by atoms with E-state index in [1.807, 2.05) is 31.2 Å². The highest BCUT2D eigenvalue weighted by atomic mass is 16.5. The fourth-order valence-electron chi connectivity index (χ4n) is 3.13. The third-order valence-corrected chi connectivity index (χ3v) is 4.69. The quantitative estimate of drug-likeness (QED) is 0.527. The van der Waals surface area contributed by atoms with Gasteiger partial charge in [-0.1, -0.05) is 12.1 Å². The zero-order valence-corrected chi connectivity index (χ0v) is 16.9. The number of benzene rings is 2. The summed E-state index contributed by atoms with van der Waals surface area (Å²) in [6.45, 7) is 4.30. The molecule has 0 aliphatic carbocycles. The van der Waals surface area contributed by atoms with Crippen molar-refractivity contribution in [3.63, 3.8) is 0 Å². The van der Waals surface area contributed by atoms with Gasteiger partial charge in [0.1, 0.15) is 11.5 Å². The molecule has 30 heavy (non-hydrogen) atoms. The number of carbonyl (C=O) groups is 1. The first kappa shape index (κ1) is 19.4. The molecule has 4 rings (SSSR count). The summed E-state index contributed by atoms with van der Waals surface area (Å²) in [7, 11) is 1.62. The molecule has 1 N–H and O–H groups in total. The number of amides is 1. The van der Waals surface area contributed by atoms with E-state index in [9.17, 15) is 4.79 Å². The minimum atomic E-state index is -0.354. The third kappa shape index (κ3) is 3.67. The van der Waals surface area contributed by atoms with Crippen LogP contribution in [0.15, 0.2) is 54.7 Å². The Labute approximate surface area is 173 Å². The largest absolute Gasteiger partial charge is 0.497 e. The smallest absolute Gasteiger partial charge is 0.278 e. The van der Waals surface area contributed by atoms with Crippen LogP contribution in [0, 0.1) is 6.92 Å². The summed E-state index contributed by atoms with van der Waals surface area (Å²) in [6.07, 6.45) is 1.72. The van der Waals surface area contributed by atoms with Crippen molar-refractivity contribution in [2.45, 2.75) is 13.8 Å². The molecule has 0 aliphatic rings. The summed E-state index contributed by atoms with van der Waals surface area (Å²) < 4.78 is 12.2. The van der Waals surface area contributed by atoms with Gasteiger partial charge in [-0.15, -0.1) is 10.2 Å². The molecule has 0 radical (unpaired) electrons. The van der Waals surface area contributed by atoms with Crippen LogP contribution in [0.2, 0.25) is 0 Å². The van der Waals surface area contributed by atoms with E-state index < -0.39 is 0 Å². The number of carbonyl (C=O) groups excluding carboxylic acids is 1. The van der Waals surface area contributed by atoms with Crippen molar-refractivity contribution in [2.75, 3.05) is 19.0 Å². The Hall–Kier alpha value is -3.94. The van der Waals surface area contributed by atoms with Gasteiger partial charge in [0.2, 0.25) is 0 Å². The minimum absolute atomic E-state index is 0.209. The van der Waals surface area contributed by atoms with E-state index in [0.717, 1.165) is 22.6 Å². The highest BCUT2D eigenvalue weighted by molar-refractivity contribution is 6.03. The van der Waals surface area contributed by atoms with E-state index in [2.05, 4.69) is 20.6 Å². The van der Waals surface area contributed by atoms with Gasteiger partial charge in [0.25, 0.3) is 5.91 Å². The number of aromatic nitrogens is 4. The van der Waals surface area contributed by atoms with Crippen molar-refractivity contribution in [3.05, 3.63) is 66.1 Å². The summed E-state index contributed by atoms with van der Waals surface area (Å²) in [5.41, 5.74) is 3.79. The molecule has 0 saturated heterocycles. The molecular formula is C22H21N5O3. The van der Waals surface area contributed by atoms with E-state index in [1.54, 1.807) is 49.0 Å². The van der Waals surface area contributed by atoms with Crippen molar-refractivity contribution in [1.82, 2.24) is 19.8 Å². The molecule has 4 aromatic rings. The lowest BCUT2D eigenvalue weighted by atomic mass is 10.1. The SMILES string of the molecule is CCOc1ccc(NC(=O)c2nnc3c(-c4ccc(OC)cc4)cnn3c2C)cc1. The van der Waals surface area contributed by atoms with E-state index in [4.69, 9.17) is 9.47 Å². The van der Waals surface area contributed by atoms with Crippen LogP contribution in [0.4, 0.5) is 5.69 Å². The highest BCUT2D eigenvalue weighted by Crippen LogP contribution is 2.26. The maximum Gasteiger partial charge on any atom is 0.278 e. The number of aryl methyl sites for hydroxylation is 1. The van der Waals surface area contributed by atoms with E-state index in [-0.39, 0.29) is 11.6 Å². The van der Waals surface area contributed by atoms with Crippen LogP contribution < -0.4 is 14.8 Å². The minimum Gasteiger partial charge on any atom is -0.497 e. The lowest BCUT2D eigenvalue weighted by molar-refractivity contribution is 0.102. The van der Waals surface area contributed by atoms with Gasteiger partial charge in [-0.3, -0.25) is 4.79 Å². The molecule has 8 nitrogen and oxygen atoms in total. The van der Waals surface area contributed by atoms with Crippen LogP contribution in [0.5, 0.6) is 11.5 Å². The summed E-state index contributed by atoms with van der Waals surface area (Å²) in [4.78, 5) is 12.7. The second kappa shape index (κ2) is 8.20. The Bertz CT molecular complexity index is 1180. The topological polar surface area (TPSA) is 90.6 Å². The lowest BCUT2D eigenvalue weighted by Gasteiger charge is -2.09. The van der Waals surface area contributed by atoms with Gasteiger partial charge in [-0.05, 0) is 55.8 Å². The Kier molecular flexibility index (Phi) is 5.30. The predicted molar refractivity (Wildman–Crippen MR) is 113 cm³/mol. The average Bonchev–Trinajstić information content (AvgIpc) is 3.20. The maximum absolute atomic E-state index is 12.7. The van der Waals surface area contributed by atoms with Crippen molar-refractivity contribution >= 4 is 17.2 Å². The van der Waals surface area contributed by atoms with Crippen LogP contribution in [-0.4, -0.2) is 39.4 Å². The van der Waals surface area contributed by atoms with Crippen LogP contribution in [-0.2, 0) is 0 Å². The zero-order valence-electron chi connectivity index (χ0n) is 16.9. The molecule has 2 heterocycles. The number of hydrogen-bond donors (Lipinski definition) is 1. The molecule has 2 aromatic carbocycles. The lowest BCUT2D eigenvalue weighted by Crippen LogP contribution is -2.18. The van der Waals surface area contributed by atoms with Crippen LogP contribution in [0.3, 0.4) is 0 Å². The first-order valence-corrected chi connectivity index (χ1v) is 9.50.